The summed E-state index contributed by atoms with van der Waals surface area (Å²) in [5.41, 5.74) is 4.63. The summed E-state index contributed by atoms with van der Waals surface area (Å²) in [6.07, 6.45) is 0.329. The van der Waals surface area contributed by atoms with Gasteiger partial charge in [0.15, 0.2) is 5.00 Å². The van der Waals surface area contributed by atoms with E-state index in [1.807, 2.05) is 0 Å². The average molecular weight is 322 g/mol. The van der Waals surface area contributed by atoms with E-state index in [1.165, 1.54) is 7.05 Å². The molecule has 20 heavy (non-hydrogen) atoms. The van der Waals surface area contributed by atoms with E-state index in [0.29, 0.717) is 0 Å². The molecule has 0 unspecified atom stereocenters. The maximum absolute atomic E-state index is 11.9. The van der Waals surface area contributed by atoms with Crippen molar-refractivity contribution in [3.63, 3.8) is 0 Å². The largest absolute Gasteiger partial charge is 0.374 e. The number of amides is 1. The third kappa shape index (κ3) is 4.15. The van der Waals surface area contributed by atoms with Crippen LogP contribution in [0.2, 0.25) is 0 Å². The Labute approximate surface area is 119 Å². The molecule has 0 bridgehead atoms. The molecular weight excluding hydrogens is 308 g/mol. The minimum absolute atomic E-state index is 0.0336. The molecule has 0 atom stereocenters. The molecule has 0 spiro atoms. The molecule has 1 heterocycles. The second kappa shape index (κ2) is 6.63. The van der Waals surface area contributed by atoms with Gasteiger partial charge in [0.25, 0.3) is 0 Å². The molecule has 0 saturated carbocycles. The highest BCUT2D eigenvalue weighted by molar-refractivity contribution is 7.91. The molecule has 112 valence electrons. The van der Waals surface area contributed by atoms with Crippen LogP contribution in [-0.4, -0.2) is 32.8 Å². The first-order chi connectivity index (χ1) is 9.27. The van der Waals surface area contributed by atoms with E-state index >= 15 is 0 Å². The fourth-order valence-corrected chi connectivity index (χ4v) is 3.75. The van der Waals surface area contributed by atoms with Crippen LogP contribution in [0.15, 0.2) is 10.3 Å². The number of thiophene rings is 1. The lowest BCUT2D eigenvalue weighted by molar-refractivity contribution is -0.383. The number of carbonyl (C=O) groups is 1. The summed E-state index contributed by atoms with van der Waals surface area (Å²) in [5.74, 6) is -0.520. The van der Waals surface area contributed by atoms with Crippen LogP contribution in [0, 0.1) is 10.1 Å². The second-order valence-corrected chi connectivity index (χ2v) is 6.80. The van der Waals surface area contributed by atoms with Crippen molar-refractivity contribution in [2.75, 3.05) is 18.9 Å². The Hall–Kier alpha value is -1.72. The molecule has 1 aromatic rings. The SMILES string of the molecule is CNc1sc(S(=O)(=O)NCCCC(N)=O)cc1[N+](=O)[O-]. The number of nitrogens with one attached hydrogen (secondary N) is 2. The quantitative estimate of drug-likeness (QED) is 0.355. The zero-order chi connectivity index (χ0) is 15.3. The van der Waals surface area contributed by atoms with Crippen molar-refractivity contribution in [2.45, 2.75) is 17.1 Å². The molecule has 0 aromatic carbocycles. The van der Waals surface area contributed by atoms with E-state index in [1.54, 1.807) is 0 Å². The van der Waals surface area contributed by atoms with Gasteiger partial charge in [0.2, 0.25) is 15.9 Å². The topological polar surface area (TPSA) is 144 Å². The maximum Gasteiger partial charge on any atom is 0.304 e. The minimum atomic E-state index is -3.83. The molecular formula is C9H14N4O5S2. The molecule has 0 aliphatic heterocycles. The van der Waals surface area contributed by atoms with Gasteiger partial charge >= 0.3 is 5.69 Å². The van der Waals surface area contributed by atoms with Crippen LogP contribution in [-0.2, 0) is 14.8 Å². The zero-order valence-electron chi connectivity index (χ0n) is 10.6. The van der Waals surface area contributed by atoms with Crippen LogP contribution >= 0.6 is 11.3 Å². The number of anilines is 1. The molecule has 9 nitrogen and oxygen atoms in total. The first-order valence-corrected chi connectivity index (χ1v) is 7.82. The number of hydrogen-bond acceptors (Lipinski definition) is 7. The lowest BCUT2D eigenvalue weighted by atomic mass is 10.3. The predicted octanol–water partition coefficient (Wildman–Crippen LogP) is 0.242. The minimum Gasteiger partial charge on any atom is -0.374 e. The first-order valence-electron chi connectivity index (χ1n) is 5.52. The van der Waals surface area contributed by atoms with Gasteiger partial charge in [0, 0.05) is 26.1 Å². The van der Waals surface area contributed by atoms with Crippen molar-refractivity contribution in [2.24, 2.45) is 5.73 Å². The Kier molecular flexibility index (Phi) is 5.42. The molecule has 1 amide bonds. The number of sulfonamides is 1. The number of carbonyl (C=O) groups excluding carboxylic acids is 1. The van der Waals surface area contributed by atoms with Crippen molar-refractivity contribution in [1.82, 2.24) is 4.72 Å². The van der Waals surface area contributed by atoms with Crippen LogP contribution in [0.1, 0.15) is 12.8 Å². The molecule has 1 aromatic heterocycles. The zero-order valence-corrected chi connectivity index (χ0v) is 12.2. The lowest BCUT2D eigenvalue weighted by Gasteiger charge is -2.02. The third-order valence-corrected chi connectivity index (χ3v) is 5.35. The maximum atomic E-state index is 11.9. The highest BCUT2D eigenvalue weighted by atomic mass is 32.2. The van der Waals surface area contributed by atoms with Crippen LogP contribution < -0.4 is 15.8 Å². The Balaban J connectivity index is 2.82. The van der Waals surface area contributed by atoms with Crippen LogP contribution in [0.4, 0.5) is 10.7 Å². The molecule has 1 rings (SSSR count). The van der Waals surface area contributed by atoms with Gasteiger partial charge in [-0.05, 0) is 6.42 Å². The summed E-state index contributed by atoms with van der Waals surface area (Å²) >= 11 is 0.764. The van der Waals surface area contributed by atoms with Gasteiger partial charge < -0.3 is 11.1 Å². The Bertz CT molecular complexity index is 610. The normalized spacial score (nSPS) is 11.2. The summed E-state index contributed by atoms with van der Waals surface area (Å²) in [6.45, 7) is 0.0336. The number of hydrogen-bond donors (Lipinski definition) is 3. The fraction of sp³-hybridized carbons (Fsp3) is 0.444. The lowest BCUT2D eigenvalue weighted by Crippen LogP contribution is -2.25. The average Bonchev–Trinajstić information content (AvgIpc) is 2.79. The smallest absolute Gasteiger partial charge is 0.304 e. The number of primary amides is 1. The molecule has 0 radical (unpaired) electrons. The standard InChI is InChI=1S/C9H14N4O5S2/c1-11-9-6(13(15)16)5-8(19-9)20(17,18)12-4-2-3-7(10)14/h5,11-12H,2-4H2,1H3,(H2,10,14). The second-order valence-electron chi connectivity index (χ2n) is 3.75. The van der Waals surface area contributed by atoms with E-state index < -0.39 is 20.9 Å². The van der Waals surface area contributed by atoms with Gasteiger partial charge in [-0.2, -0.15) is 0 Å². The molecule has 0 saturated heterocycles. The van der Waals surface area contributed by atoms with Gasteiger partial charge in [-0.3, -0.25) is 14.9 Å². The first kappa shape index (κ1) is 16.3. The summed E-state index contributed by atoms with van der Waals surface area (Å²) in [6, 6.07) is 0.993. The van der Waals surface area contributed by atoms with E-state index in [2.05, 4.69) is 10.0 Å². The van der Waals surface area contributed by atoms with Crippen molar-refractivity contribution in [3.05, 3.63) is 16.2 Å². The Morgan fingerprint density at radius 1 is 1.55 bits per heavy atom. The van der Waals surface area contributed by atoms with Crippen molar-refractivity contribution in [3.8, 4) is 0 Å². The van der Waals surface area contributed by atoms with Crippen molar-refractivity contribution in [1.29, 1.82) is 0 Å². The molecule has 4 N–H and O–H groups in total. The van der Waals surface area contributed by atoms with E-state index in [-0.39, 0.29) is 34.3 Å². The number of nitrogens with two attached hydrogens (primary N) is 1. The van der Waals surface area contributed by atoms with E-state index in [4.69, 9.17) is 5.73 Å². The summed E-state index contributed by atoms with van der Waals surface area (Å²) in [7, 11) is -2.36. The van der Waals surface area contributed by atoms with Gasteiger partial charge in [-0.1, -0.05) is 11.3 Å². The molecule has 0 aliphatic rings. The number of rotatable bonds is 8. The van der Waals surface area contributed by atoms with Gasteiger partial charge in [-0.15, -0.1) is 0 Å². The fourth-order valence-electron chi connectivity index (χ4n) is 1.35. The predicted molar refractivity (Wildman–Crippen MR) is 74.1 cm³/mol. The van der Waals surface area contributed by atoms with E-state index in [9.17, 15) is 23.3 Å². The summed E-state index contributed by atoms with van der Waals surface area (Å²) in [5, 5.41) is 13.5. The molecule has 0 aliphatic carbocycles. The molecule has 11 heteroatoms. The summed E-state index contributed by atoms with van der Waals surface area (Å²) < 4.78 is 25.9. The van der Waals surface area contributed by atoms with E-state index in [0.717, 1.165) is 17.4 Å². The van der Waals surface area contributed by atoms with Crippen LogP contribution in [0.5, 0.6) is 0 Å². The van der Waals surface area contributed by atoms with Gasteiger partial charge in [-0.25, -0.2) is 13.1 Å². The highest BCUT2D eigenvalue weighted by Gasteiger charge is 2.25. The monoisotopic (exact) mass is 322 g/mol. The third-order valence-electron chi connectivity index (χ3n) is 2.27. The Morgan fingerprint density at radius 2 is 2.20 bits per heavy atom. The van der Waals surface area contributed by atoms with Crippen molar-refractivity contribution < 1.29 is 18.1 Å². The number of nitrogens with zero attached hydrogens (tertiary/aromatic N) is 1. The van der Waals surface area contributed by atoms with Gasteiger partial charge in [0.05, 0.1) is 4.92 Å². The Morgan fingerprint density at radius 3 is 2.65 bits per heavy atom. The summed E-state index contributed by atoms with van der Waals surface area (Å²) in [4.78, 5) is 20.6. The van der Waals surface area contributed by atoms with Crippen LogP contribution in [0.25, 0.3) is 0 Å². The number of nitro groups is 1. The highest BCUT2D eigenvalue weighted by Crippen LogP contribution is 2.36. The van der Waals surface area contributed by atoms with Gasteiger partial charge in [0.1, 0.15) is 4.21 Å². The molecule has 0 fully saturated rings. The van der Waals surface area contributed by atoms with Crippen LogP contribution in [0.3, 0.4) is 0 Å². The van der Waals surface area contributed by atoms with Crippen molar-refractivity contribution >= 4 is 38.0 Å².